The summed E-state index contributed by atoms with van der Waals surface area (Å²) in [7, 11) is -2.38. The first-order chi connectivity index (χ1) is 11.8. The molecule has 1 aromatic rings. The van der Waals surface area contributed by atoms with E-state index < -0.39 is 32.5 Å². The summed E-state index contributed by atoms with van der Waals surface area (Å²) >= 11 is 0. The third kappa shape index (κ3) is 6.14. The smallest absolute Gasteiger partial charge is 0.407 e. The number of ether oxygens (including phenoxy) is 1. The number of carboxylic acids is 1. The van der Waals surface area contributed by atoms with Gasteiger partial charge < -0.3 is 19.6 Å². The van der Waals surface area contributed by atoms with E-state index in [0.29, 0.717) is 5.56 Å². The van der Waals surface area contributed by atoms with Crippen LogP contribution in [0.3, 0.4) is 0 Å². The molecule has 1 rings (SSSR count). The van der Waals surface area contributed by atoms with Gasteiger partial charge in [-0.3, -0.25) is 0 Å². The van der Waals surface area contributed by atoms with E-state index in [1.165, 1.54) is 0 Å². The van der Waals surface area contributed by atoms with Gasteiger partial charge in [-0.05, 0) is 37.5 Å². The van der Waals surface area contributed by atoms with Crippen LogP contribution in [0, 0.1) is 0 Å². The molecule has 0 bridgehead atoms. The Labute approximate surface area is 157 Å². The van der Waals surface area contributed by atoms with Crippen LogP contribution < -0.4 is 5.32 Å². The molecule has 1 amide bonds. The number of aliphatic carboxylic acids is 1. The predicted octanol–water partition coefficient (Wildman–Crippen LogP) is 4.34. The van der Waals surface area contributed by atoms with Gasteiger partial charge in [-0.1, -0.05) is 51.1 Å². The van der Waals surface area contributed by atoms with E-state index in [9.17, 15) is 14.7 Å². The number of hydrogen-bond acceptors (Lipinski definition) is 4. The van der Waals surface area contributed by atoms with E-state index in [4.69, 9.17) is 9.16 Å². The topological polar surface area (TPSA) is 84.9 Å². The minimum Gasteiger partial charge on any atom is -0.479 e. The van der Waals surface area contributed by atoms with Crippen molar-refractivity contribution in [2.75, 3.05) is 0 Å². The number of hydrogen-bond donors (Lipinski definition) is 2. The van der Waals surface area contributed by atoms with Gasteiger partial charge in [0, 0.05) is 0 Å². The Kier molecular flexibility index (Phi) is 7.41. The zero-order valence-electron chi connectivity index (χ0n) is 16.7. The van der Waals surface area contributed by atoms with E-state index in [1.807, 2.05) is 39.9 Å². The molecular weight excluding hydrogens is 350 g/mol. The van der Waals surface area contributed by atoms with Crippen LogP contribution in [0.1, 0.15) is 46.2 Å². The minimum absolute atomic E-state index is 0.166. The monoisotopic (exact) mass is 381 g/mol. The zero-order valence-corrected chi connectivity index (χ0v) is 17.7. The third-order valence-electron chi connectivity index (χ3n) is 4.55. The first kappa shape index (κ1) is 22.2. The second-order valence-electron chi connectivity index (χ2n) is 8.12. The molecule has 1 aromatic carbocycles. The molecule has 2 atom stereocenters. The molecule has 0 saturated heterocycles. The van der Waals surface area contributed by atoms with Gasteiger partial charge in [0.1, 0.15) is 0 Å². The van der Waals surface area contributed by atoms with Crippen molar-refractivity contribution in [1.82, 2.24) is 5.32 Å². The van der Waals surface area contributed by atoms with E-state index in [0.717, 1.165) is 0 Å². The molecule has 0 unspecified atom stereocenters. The van der Waals surface area contributed by atoms with Crippen LogP contribution in [0.5, 0.6) is 0 Å². The second kappa shape index (κ2) is 8.68. The molecule has 2 N–H and O–H groups in total. The van der Waals surface area contributed by atoms with Crippen molar-refractivity contribution in [3.8, 4) is 0 Å². The molecule has 0 aliphatic rings. The van der Waals surface area contributed by atoms with Gasteiger partial charge in [0.15, 0.2) is 14.4 Å². The number of carbonyl (C=O) groups is 2. The average Bonchev–Trinajstić information content (AvgIpc) is 2.49. The standard InChI is InChI=1S/C19H31NO5Si/c1-13(2)24-18(23)20-15(14-11-9-8-10-12-14)16(17(21)22)25-26(6,7)19(3,4)5/h8-13,15-16H,1-7H3,(H,20,23)(H,21,22)/t15-,16+/m0/s1. The van der Waals surface area contributed by atoms with Gasteiger partial charge in [0.05, 0.1) is 12.1 Å². The highest BCUT2D eigenvalue weighted by Gasteiger charge is 2.44. The fraction of sp³-hybridized carbons (Fsp3) is 0.579. The molecule has 0 aliphatic heterocycles. The highest BCUT2D eigenvalue weighted by molar-refractivity contribution is 6.74. The van der Waals surface area contributed by atoms with E-state index in [-0.39, 0.29) is 11.1 Å². The van der Waals surface area contributed by atoms with Crippen LogP contribution in [-0.4, -0.2) is 37.7 Å². The molecule has 0 radical (unpaired) electrons. The number of benzene rings is 1. The van der Waals surface area contributed by atoms with Crippen molar-refractivity contribution in [3.05, 3.63) is 35.9 Å². The summed E-state index contributed by atoms with van der Waals surface area (Å²) in [5.41, 5.74) is 0.652. The number of rotatable bonds is 7. The van der Waals surface area contributed by atoms with Crippen LogP contribution in [0.2, 0.25) is 18.1 Å². The lowest BCUT2D eigenvalue weighted by atomic mass is 10.0. The van der Waals surface area contributed by atoms with Crippen molar-refractivity contribution < 1.29 is 23.9 Å². The van der Waals surface area contributed by atoms with E-state index >= 15 is 0 Å². The lowest BCUT2D eigenvalue weighted by Crippen LogP contribution is -2.51. The third-order valence-corrected chi connectivity index (χ3v) is 9.00. The molecular formula is C19H31NO5Si. The number of carbonyl (C=O) groups excluding carboxylic acids is 1. The van der Waals surface area contributed by atoms with Crippen molar-refractivity contribution in [2.24, 2.45) is 0 Å². The number of amides is 1. The van der Waals surface area contributed by atoms with Crippen LogP contribution in [0.25, 0.3) is 0 Å². The lowest BCUT2D eigenvalue weighted by molar-refractivity contribution is -0.147. The Hall–Kier alpha value is -1.86. The molecule has 6 nitrogen and oxygen atoms in total. The predicted molar refractivity (Wildman–Crippen MR) is 104 cm³/mol. The quantitative estimate of drug-likeness (QED) is 0.686. The fourth-order valence-corrected chi connectivity index (χ4v) is 3.35. The Morgan fingerprint density at radius 1 is 1.12 bits per heavy atom. The molecule has 0 fully saturated rings. The molecule has 26 heavy (non-hydrogen) atoms. The van der Waals surface area contributed by atoms with Gasteiger partial charge in [0.2, 0.25) is 0 Å². The molecule has 146 valence electrons. The SMILES string of the molecule is CC(C)OC(=O)N[C@@H](c1ccccc1)[C@@H](O[Si](C)(C)C(C)(C)C)C(=O)O. The summed E-state index contributed by atoms with van der Waals surface area (Å²) in [4.78, 5) is 24.2. The zero-order chi connectivity index (χ0) is 20.1. The Balaban J connectivity index is 3.22. The van der Waals surface area contributed by atoms with Crippen molar-refractivity contribution >= 4 is 20.4 Å². The fourth-order valence-electron chi connectivity index (χ4n) is 2.12. The highest BCUT2D eigenvalue weighted by atomic mass is 28.4. The normalized spacial score (nSPS) is 14.6. The highest BCUT2D eigenvalue weighted by Crippen LogP contribution is 2.38. The first-order valence-electron chi connectivity index (χ1n) is 8.78. The molecule has 0 spiro atoms. The maximum absolute atomic E-state index is 12.2. The molecule has 7 heteroatoms. The summed E-state index contributed by atoms with van der Waals surface area (Å²) in [5.74, 6) is -1.12. The number of nitrogens with one attached hydrogen (secondary N) is 1. The van der Waals surface area contributed by atoms with Crippen LogP contribution >= 0.6 is 0 Å². The number of carboxylic acid groups (broad SMARTS) is 1. The summed E-state index contributed by atoms with van der Waals surface area (Å²) in [5, 5.41) is 12.3. The Bertz CT molecular complexity index is 610. The van der Waals surface area contributed by atoms with Crippen LogP contribution in [-0.2, 0) is 14.0 Å². The van der Waals surface area contributed by atoms with Crippen molar-refractivity contribution in [3.63, 3.8) is 0 Å². The van der Waals surface area contributed by atoms with Crippen LogP contribution in [0.4, 0.5) is 4.79 Å². The number of alkyl carbamates (subject to hydrolysis) is 1. The van der Waals surface area contributed by atoms with Gasteiger partial charge in [-0.15, -0.1) is 0 Å². The first-order valence-corrected chi connectivity index (χ1v) is 11.7. The molecule has 0 aliphatic carbocycles. The average molecular weight is 382 g/mol. The van der Waals surface area contributed by atoms with Gasteiger partial charge in [-0.25, -0.2) is 9.59 Å². The minimum atomic E-state index is -2.38. The molecule has 0 aromatic heterocycles. The van der Waals surface area contributed by atoms with E-state index in [2.05, 4.69) is 5.32 Å². The largest absolute Gasteiger partial charge is 0.479 e. The maximum atomic E-state index is 12.2. The Morgan fingerprint density at radius 3 is 2.08 bits per heavy atom. The van der Waals surface area contributed by atoms with Crippen molar-refractivity contribution in [2.45, 2.75) is 71.0 Å². The summed E-state index contributed by atoms with van der Waals surface area (Å²) in [6, 6.07) is 8.11. The summed E-state index contributed by atoms with van der Waals surface area (Å²) < 4.78 is 11.3. The summed E-state index contributed by atoms with van der Waals surface area (Å²) in [6.45, 7) is 13.5. The van der Waals surface area contributed by atoms with Crippen molar-refractivity contribution in [1.29, 1.82) is 0 Å². The van der Waals surface area contributed by atoms with E-state index in [1.54, 1.807) is 38.1 Å². The molecule has 0 heterocycles. The maximum Gasteiger partial charge on any atom is 0.407 e. The van der Waals surface area contributed by atoms with Gasteiger partial charge in [-0.2, -0.15) is 0 Å². The summed E-state index contributed by atoms with van der Waals surface area (Å²) in [6.07, 6.45) is -2.19. The lowest BCUT2D eigenvalue weighted by Gasteiger charge is -2.40. The second-order valence-corrected chi connectivity index (χ2v) is 12.9. The van der Waals surface area contributed by atoms with Crippen LogP contribution in [0.15, 0.2) is 30.3 Å². The van der Waals surface area contributed by atoms with Gasteiger partial charge in [0.25, 0.3) is 0 Å². The molecule has 0 saturated carbocycles. The van der Waals surface area contributed by atoms with Gasteiger partial charge >= 0.3 is 12.1 Å². The Morgan fingerprint density at radius 2 is 1.65 bits per heavy atom.